The summed E-state index contributed by atoms with van der Waals surface area (Å²) in [5.41, 5.74) is 0.855. The van der Waals surface area contributed by atoms with Crippen LogP contribution in [0.1, 0.15) is 44.1 Å². The second-order valence-electron chi connectivity index (χ2n) is 8.70. The molecular formula is C21H27BrClNO3. The van der Waals surface area contributed by atoms with Crippen LogP contribution in [0.4, 0.5) is 0 Å². The third-order valence-electron chi connectivity index (χ3n) is 6.70. The van der Waals surface area contributed by atoms with Crippen LogP contribution in [0, 0.1) is 17.3 Å². The van der Waals surface area contributed by atoms with E-state index in [0.717, 1.165) is 48.6 Å². The van der Waals surface area contributed by atoms with Gasteiger partial charge < -0.3 is 14.8 Å². The van der Waals surface area contributed by atoms with Crippen LogP contribution in [0.5, 0.6) is 11.5 Å². The van der Waals surface area contributed by atoms with Gasteiger partial charge in [0.05, 0.1) is 19.6 Å². The predicted octanol–water partition coefficient (Wildman–Crippen LogP) is 4.70. The van der Waals surface area contributed by atoms with E-state index in [4.69, 9.17) is 21.1 Å². The van der Waals surface area contributed by atoms with Gasteiger partial charge >= 0.3 is 0 Å². The van der Waals surface area contributed by atoms with E-state index in [2.05, 4.69) is 21.2 Å². The van der Waals surface area contributed by atoms with Crippen LogP contribution in [-0.4, -0.2) is 31.5 Å². The first-order chi connectivity index (χ1) is 12.9. The SMILES string of the molecule is COc1cc(Br)c(CCNC(=O)C23CC4CC(CC(Cl)(C4)C2)C3)cc1OC. The average Bonchev–Trinajstić information content (AvgIpc) is 2.60. The Bertz CT molecular complexity index is 739. The third-order valence-corrected chi connectivity index (χ3v) is 7.88. The molecule has 2 unspecified atom stereocenters. The molecule has 0 saturated heterocycles. The molecule has 2 atom stereocenters. The Balaban J connectivity index is 1.41. The van der Waals surface area contributed by atoms with Gasteiger partial charge in [0.25, 0.3) is 0 Å². The van der Waals surface area contributed by atoms with Gasteiger partial charge in [-0.25, -0.2) is 0 Å². The Morgan fingerprint density at radius 2 is 1.81 bits per heavy atom. The van der Waals surface area contributed by atoms with E-state index in [9.17, 15) is 4.79 Å². The zero-order chi connectivity index (χ0) is 19.2. The molecule has 1 aromatic rings. The van der Waals surface area contributed by atoms with Crippen molar-refractivity contribution in [2.75, 3.05) is 20.8 Å². The first-order valence-corrected chi connectivity index (χ1v) is 10.9. The van der Waals surface area contributed by atoms with E-state index < -0.39 is 0 Å². The maximum Gasteiger partial charge on any atom is 0.226 e. The van der Waals surface area contributed by atoms with Gasteiger partial charge in [-0.2, -0.15) is 0 Å². The summed E-state index contributed by atoms with van der Waals surface area (Å²) in [6.07, 6.45) is 7.08. The summed E-state index contributed by atoms with van der Waals surface area (Å²) >= 11 is 10.5. The number of benzene rings is 1. The molecule has 1 N–H and O–H groups in total. The summed E-state index contributed by atoms with van der Waals surface area (Å²) in [7, 11) is 3.26. The second kappa shape index (κ2) is 7.14. The number of ether oxygens (including phenoxy) is 2. The van der Waals surface area contributed by atoms with Gasteiger partial charge in [-0.1, -0.05) is 15.9 Å². The molecule has 5 rings (SSSR count). The summed E-state index contributed by atoms with van der Waals surface area (Å²) < 4.78 is 11.7. The van der Waals surface area contributed by atoms with Crippen LogP contribution >= 0.6 is 27.5 Å². The molecule has 4 bridgehead atoms. The standard InChI is InChI=1S/C21H27BrClNO3/c1-26-17-6-15(16(22)7-18(17)27-2)3-4-24-19(25)20-8-13-5-14(9-20)11-21(23,10-13)12-20/h6-7,13-14H,3-5,8-12H2,1-2H3,(H,24,25). The number of alkyl halides is 1. The summed E-state index contributed by atoms with van der Waals surface area (Å²) in [6, 6.07) is 3.87. The van der Waals surface area contributed by atoms with Gasteiger partial charge in [0.15, 0.2) is 11.5 Å². The minimum atomic E-state index is -0.235. The Morgan fingerprint density at radius 3 is 2.41 bits per heavy atom. The van der Waals surface area contributed by atoms with Gasteiger partial charge in [0.1, 0.15) is 0 Å². The first-order valence-electron chi connectivity index (χ1n) is 9.74. The fourth-order valence-corrected chi connectivity index (χ4v) is 7.22. The molecule has 1 aromatic carbocycles. The minimum absolute atomic E-state index is 0.131. The third kappa shape index (κ3) is 3.57. The summed E-state index contributed by atoms with van der Waals surface area (Å²) in [6.45, 7) is 0.610. The molecule has 6 heteroatoms. The van der Waals surface area contributed by atoms with Crippen LogP contribution in [0.3, 0.4) is 0 Å². The van der Waals surface area contributed by atoms with Crippen molar-refractivity contribution in [1.29, 1.82) is 0 Å². The lowest BCUT2D eigenvalue weighted by molar-refractivity contribution is -0.144. The number of methoxy groups -OCH3 is 2. The highest BCUT2D eigenvalue weighted by atomic mass is 79.9. The number of amides is 1. The summed E-state index contributed by atoms with van der Waals surface area (Å²) in [4.78, 5) is 13.0. The van der Waals surface area contributed by atoms with E-state index in [1.165, 1.54) is 6.42 Å². The Morgan fingerprint density at radius 1 is 1.19 bits per heavy atom. The molecule has 4 fully saturated rings. The van der Waals surface area contributed by atoms with E-state index in [1.54, 1.807) is 14.2 Å². The van der Waals surface area contributed by atoms with E-state index >= 15 is 0 Å². The maximum absolute atomic E-state index is 13.1. The lowest BCUT2D eigenvalue weighted by atomic mass is 9.49. The number of carbonyl (C=O) groups excluding carboxylic acids is 1. The molecule has 1 amide bonds. The molecule has 0 spiro atoms. The summed E-state index contributed by atoms with van der Waals surface area (Å²) in [5, 5.41) is 3.21. The van der Waals surface area contributed by atoms with Gasteiger partial charge in [-0.15, -0.1) is 11.6 Å². The molecule has 27 heavy (non-hydrogen) atoms. The van der Waals surface area contributed by atoms with Crippen molar-refractivity contribution < 1.29 is 14.3 Å². The Labute approximate surface area is 174 Å². The highest BCUT2D eigenvalue weighted by Gasteiger charge is 2.59. The van der Waals surface area contributed by atoms with Crippen molar-refractivity contribution in [2.45, 2.75) is 49.8 Å². The lowest BCUT2D eigenvalue weighted by Crippen LogP contribution is -2.58. The van der Waals surface area contributed by atoms with Crippen molar-refractivity contribution in [1.82, 2.24) is 5.32 Å². The second-order valence-corrected chi connectivity index (χ2v) is 10.4. The fourth-order valence-electron chi connectivity index (χ4n) is 6.00. The molecule has 0 aromatic heterocycles. The van der Waals surface area contributed by atoms with Gasteiger partial charge in [0.2, 0.25) is 5.91 Å². The van der Waals surface area contributed by atoms with Crippen molar-refractivity contribution in [3.63, 3.8) is 0 Å². The van der Waals surface area contributed by atoms with E-state index in [-0.39, 0.29) is 16.2 Å². The van der Waals surface area contributed by atoms with Crippen molar-refractivity contribution >= 4 is 33.4 Å². The van der Waals surface area contributed by atoms with Crippen molar-refractivity contribution in [2.24, 2.45) is 17.3 Å². The Hall–Kier alpha value is -0.940. The first kappa shape index (κ1) is 19.4. The van der Waals surface area contributed by atoms with Crippen LogP contribution in [0.2, 0.25) is 0 Å². The fraction of sp³-hybridized carbons (Fsp3) is 0.667. The number of halogens is 2. The predicted molar refractivity (Wildman–Crippen MR) is 110 cm³/mol. The monoisotopic (exact) mass is 455 g/mol. The molecule has 4 aliphatic rings. The van der Waals surface area contributed by atoms with Crippen molar-refractivity contribution in [3.8, 4) is 11.5 Å². The number of hydrogen-bond acceptors (Lipinski definition) is 3. The molecule has 4 nitrogen and oxygen atoms in total. The van der Waals surface area contributed by atoms with E-state index in [0.29, 0.717) is 29.9 Å². The van der Waals surface area contributed by atoms with Crippen LogP contribution in [-0.2, 0) is 11.2 Å². The minimum Gasteiger partial charge on any atom is -0.493 e. The number of nitrogens with one attached hydrogen (secondary N) is 1. The average molecular weight is 457 g/mol. The lowest BCUT2D eigenvalue weighted by Gasteiger charge is -2.59. The van der Waals surface area contributed by atoms with Crippen LogP contribution in [0.15, 0.2) is 16.6 Å². The highest BCUT2D eigenvalue weighted by molar-refractivity contribution is 9.10. The summed E-state index contributed by atoms with van der Waals surface area (Å²) in [5.74, 6) is 2.87. The molecule has 0 aliphatic heterocycles. The smallest absolute Gasteiger partial charge is 0.226 e. The zero-order valence-corrected chi connectivity index (χ0v) is 18.3. The number of carbonyl (C=O) groups is 1. The zero-order valence-electron chi connectivity index (χ0n) is 15.9. The maximum atomic E-state index is 13.1. The molecule has 4 aliphatic carbocycles. The number of hydrogen-bond donors (Lipinski definition) is 1. The Kier molecular flexibility index (Phi) is 5.13. The normalized spacial score (nSPS) is 33.8. The largest absolute Gasteiger partial charge is 0.493 e. The number of rotatable bonds is 6. The quantitative estimate of drug-likeness (QED) is 0.631. The molecule has 0 heterocycles. The molecule has 0 radical (unpaired) electrons. The van der Waals surface area contributed by atoms with Gasteiger partial charge in [-0.3, -0.25) is 4.79 Å². The van der Waals surface area contributed by atoms with Crippen LogP contribution in [0.25, 0.3) is 0 Å². The molecule has 148 valence electrons. The van der Waals surface area contributed by atoms with Crippen LogP contribution < -0.4 is 14.8 Å². The van der Waals surface area contributed by atoms with E-state index in [1.807, 2.05) is 12.1 Å². The molecule has 4 saturated carbocycles. The van der Waals surface area contributed by atoms with Gasteiger partial charge in [0, 0.05) is 15.9 Å². The van der Waals surface area contributed by atoms with Gasteiger partial charge in [-0.05, 0) is 74.5 Å². The highest BCUT2D eigenvalue weighted by Crippen LogP contribution is 2.63. The molecular weight excluding hydrogens is 430 g/mol. The topological polar surface area (TPSA) is 47.6 Å². The van der Waals surface area contributed by atoms with Crippen molar-refractivity contribution in [3.05, 3.63) is 22.2 Å².